The fourth-order valence-corrected chi connectivity index (χ4v) is 2.64. The molecular weight excluding hydrogens is 319 g/mol. The van der Waals surface area contributed by atoms with Crippen LogP contribution in [0.25, 0.3) is 0 Å². The van der Waals surface area contributed by atoms with Crippen LogP contribution < -0.4 is 5.32 Å². The molecule has 1 N–H and O–H groups in total. The van der Waals surface area contributed by atoms with Gasteiger partial charge in [0.25, 0.3) is 0 Å². The van der Waals surface area contributed by atoms with Crippen LogP contribution in [-0.2, 0) is 11.2 Å². The number of hydrogen-bond acceptors (Lipinski definition) is 4. The van der Waals surface area contributed by atoms with Gasteiger partial charge in [-0.1, -0.05) is 17.7 Å². The lowest BCUT2D eigenvalue weighted by Gasteiger charge is -2.39. The van der Waals surface area contributed by atoms with Crippen molar-refractivity contribution in [2.75, 3.05) is 18.4 Å². The van der Waals surface area contributed by atoms with Gasteiger partial charge in [0.1, 0.15) is 5.82 Å². The van der Waals surface area contributed by atoms with E-state index in [0.29, 0.717) is 31.9 Å². The summed E-state index contributed by atoms with van der Waals surface area (Å²) in [4.78, 5) is 22.1. The summed E-state index contributed by atoms with van der Waals surface area (Å²) in [6.07, 6.45) is 4.28. The highest BCUT2D eigenvalue weighted by Crippen LogP contribution is 2.18. The lowest BCUT2D eigenvalue weighted by molar-refractivity contribution is -0.135. The van der Waals surface area contributed by atoms with Gasteiger partial charge in [0.15, 0.2) is 0 Å². The second-order valence-corrected chi connectivity index (χ2v) is 5.87. The van der Waals surface area contributed by atoms with Crippen molar-refractivity contribution in [3.63, 3.8) is 0 Å². The number of likely N-dealkylation sites (tertiary alicyclic amines) is 1. The molecule has 3 rings (SSSR count). The Balaban J connectivity index is 1.43. The second-order valence-electron chi connectivity index (χ2n) is 5.46. The van der Waals surface area contributed by atoms with Crippen LogP contribution in [0.4, 0.5) is 10.3 Å². The minimum Gasteiger partial charge on any atom is -0.348 e. The van der Waals surface area contributed by atoms with Gasteiger partial charge in [-0.05, 0) is 30.2 Å². The van der Waals surface area contributed by atoms with E-state index in [9.17, 15) is 9.18 Å². The Bertz CT molecular complexity index is 692. The highest BCUT2D eigenvalue weighted by atomic mass is 35.5. The van der Waals surface area contributed by atoms with Crippen molar-refractivity contribution in [3.05, 3.63) is 53.1 Å². The molecule has 5 nitrogen and oxygen atoms in total. The number of halogens is 2. The third-order valence-corrected chi connectivity index (χ3v) is 4.03. The zero-order valence-corrected chi connectivity index (χ0v) is 13.1. The number of benzene rings is 1. The maximum atomic E-state index is 13.1. The predicted octanol–water partition coefficient (Wildman–Crippen LogP) is 2.52. The summed E-state index contributed by atoms with van der Waals surface area (Å²) in [6.45, 7) is 1.28. The highest BCUT2D eigenvalue weighted by molar-refractivity contribution is 6.30. The maximum absolute atomic E-state index is 13.1. The summed E-state index contributed by atoms with van der Waals surface area (Å²) in [5.41, 5.74) is 0.859. The van der Waals surface area contributed by atoms with Gasteiger partial charge >= 0.3 is 0 Å². The minimum absolute atomic E-state index is 0.0810. The average Bonchev–Trinajstić information content (AvgIpc) is 2.52. The Kier molecular flexibility index (Phi) is 4.71. The minimum atomic E-state index is -0.443. The normalized spacial score (nSPS) is 14.4. The van der Waals surface area contributed by atoms with E-state index in [-0.39, 0.29) is 17.0 Å². The Morgan fingerprint density at radius 3 is 2.78 bits per heavy atom. The molecule has 0 bridgehead atoms. The van der Waals surface area contributed by atoms with E-state index in [2.05, 4.69) is 15.3 Å². The molecule has 0 aliphatic carbocycles. The van der Waals surface area contributed by atoms with Crippen LogP contribution in [0.15, 0.2) is 36.7 Å². The Morgan fingerprint density at radius 1 is 1.35 bits per heavy atom. The fourth-order valence-electron chi connectivity index (χ4n) is 2.43. The lowest BCUT2D eigenvalue weighted by atomic mass is 10.1. The Hall–Kier alpha value is -2.21. The van der Waals surface area contributed by atoms with Gasteiger partial charge in [0.05, 0.1) is 11.1 Å². The number of carbonyl (C=O) groups is 1. The molecule has 1 saturated heterocycles. The summed E-state index contributed by atoms with van der Waals surface area (Å²) in [7, 11) is 0. The van der Waals surface area contributed by atoms with Crippen LogP contribution in [0, 0.1) is 5.82 Å². The Morgan fingerprint density at radius 2 is 2.09 bits per heavy atom. The van der Waals surface area contributed by atoms with Crippen LogP contribution in [0.3, 0.4) is 0 Å². The first kappa shape index (κ1) is 15.7. The standard InChI is InChI=1S/C16H16ClFN4O/c17-13-8-11(2-4-14(13)18)3-5-15(23)22-9-12(10-22)21-16-19-6-1-7-20-16/h1-2,4,6-8,12H,3,5,9-10H2,(H,19,20,21). The number of nitrogens with zero attached hydrogens (tertiary/aromatic N) is 3. The van der Waals surface area contributed by atoms with Crippen LogP contribution in [0.5, 0.6) is 0 Å². The van der Waals surface area contributed by atoms with Crippen molar-refractivity contribution in [2.45, 2.75) is 18.9 Å². The molecule has 1 aromatic carbocycles. The molecule has 0 radical (unpaired) electrons. The van der Waals surface area contributed by atoms with Crippen LogP contribution in [0.2, 0.25) is 5.02 Å². The van der Waals surface area contributed by atoms with Gasteiger partial charge in [-0.25, -0.2) is 14.4 Å². The van der Waals surface area contributed by atoms with Crippen LogP contribution >= 0.6 is 11.6 Å². The number of rotatable bonds is 5. The molecule has 120 valence electrons. The smallest absolute Gasteiger partial charge is 0.223 e. The zero-order valence-electron chi connectivity index (χ0n) is 12.4. The van der Waals surface area contributed by atoms with Crippen molar-refractivity contribution in [3.8, 4) is 0 Å². The van der Waals surface area contributed by atoms with E-state index in [0.717, 1.165) is 5.56 Å². The van der Waals surface area contributed by atoms with Gasteiger partial charge in [0.2, 0.25) is 11.9 Å². The number of hydrogen-bond donors (Lipinski definition) is 1. The number of aromatic nitrogens is 2. The van der Waals surface area contributed by atoms with Gasteiger partial charge in [-0.2, -0.15) is 0 Å². The molecule has 0 spiro atoms. The molecule has 23 heavy (non-hydrogen) atoms. The first-order valence-corrected chi connectivity index (χ1v) is 7.75. The van der Waals surface area contributed by atoms with E-state index >= 15 is 0 Å². The first-order valence-electron chi connectivity index (χ1n) is 7.37. The third kappa shape index (κ3) is 3.96. The van der Waals surface area contributed by atoms with E-state index in [4.69, 9.17) is 11.6 Å². The molecule has 1 aliphatic rings. The quantitative estimate of drug-likeness (QED) is 0.913. The van der Waals surface area contributed by atoms with Crippen molar-refractivity contribution in [2.24, 2.45) is 0 Å². The molecule has 1 aliphatic heterocycles. The van der Waals surface area contributed by atoms with Gasteiger partial charge in [0, 0.05) is 31.9 Å². The molecule has 7 heteroatoms. The highest BCUT2D eigenvalue weighted by Gasteiger charge is 2.30. The SMILES string of the molecule is O=C(CCc1ccc(F)c(Cl)c1)N1CC(Nc2ncccn2)C1. The van der Waals surface area contributed by atoms with Gasteiger partial charge in [-0.3, -0.25) is 4.79 Å². The van der Waals surface area contributed by atoms with E-state index in [1.54, 1.807) is 35.5 Å². The van der Waals surface area contributed by atoms with Crippen molar-refractivity contribution in [1.29, 1.82) is 0 Å². The molecule has 2 heterocycles. The summed E-state index contributed by atoms with van der Waals surface area (Å²) < 4.78 is 13.1. The molecular formula is C16H16ClFN4O. The molecule has 1 amide bonds. The largest absolute Gasteiger partial charge is 0.348 e. The summed E-state index contributed by atoms with van der Waals surface area (Å²) in [5, 5.41) is 3.26. The first-order chi connectivity index (χ1) is 11.1. The van der Waals surface area contributed by atoms with Crippen LogP contribution in [0.1, 0.15) is 12.0 Å². The molecule has 0 unspecified atom stereocenters. The molecule has 0 saturated carbocycles. The van der Waals surface area contributed by atoms with E-state index in [1.165, 1.54) is 6.07 Å². The lowest BCUT2D eigenvalue weighted by Crippen LogP contribution is -2.57. The number of aryl methyl sites for hydroxylation is 1. The van der Waals surface area contributed by atoms with E-state index in [1.807, 2.05) is 0 Å². The number of carbonyl (C=O) groups excluding carboxylic acids is 1. The van der Waals surface area contributed by atoms with Gasteiger partial charge in [-0.15, -0.1) is 0 Å². The van der Waals surface area contributed by atoms with Crippen LogP contribution in [-0.4, -0.2) is 39.9 Å². The predicted molar refractivity (Wildman–Crippen MR) is 85.8 cm³/mol. The van der Waals surface area contributed by atoms with Crippen molar-refractivity contribution >= 4 is 23.5 Å². The topological polar surface area (TPSA) is 58.1 Å². The van der Waals surface area contributed by atoms with Crippen molar-refractivity contribution < 1.29 is 9.18 Å². The second kappa shape index (κ2) is 6.91. The maximum Gasteiger partial charge on any atom is 0.223 e. The molecule has 2 aromatic rings. The number of nitrogens with one attached hydrogen (secondary N) is 1. The summed E-state index contributed by atoms with van der Waals surface area (Å²) in [5.74, 6) is 0.213. The number of amides is 1. The van der Waals surface area contributed by atoms with Crippen molar-refractivity contribution in [1.82, 2.24) is 14.9 Å². The van der Waals surface area contributed by atoms with Gasteiger partial charge < -0.3 is 10.2 Å². The molecule has 1 fully saturated rings. The molecule has 0 atom stereocenters. The summed E-state index contributed by atoms with van der Waals surface area (Å²) in [6, 6.07) is 6.48. The third-order valence-electron chi connectivity index (χ3n) is 3.74. The Labute approximate surface area is 138 Å². The summed E-state index contributed by atoms with van der Waals surface area (Å²) >= 11 is 5.74. The fraction of sp³-hybridized carbons (Fsp3) is 0.312. The zero-order chi connectivity index (χ0) is 16.2. The molecule has 1 aromatic heterocycles. The monoisotopic (exact) mass is 334 g/mol. The average molecular weight is 335 g/mol. The van der Waals surface area contributed by atoms with E-state index < -0.39 is 5.82 Å². The number of anilines is 1.